The third-order valence-corrected chi connectivity index (χ3v) is 7.39. The fourth-order valence-corrected chi connectivity index (χ4v) is 4.77. The number of carboxylic acid groups (broad SMARTS) is 1. The Morgan fingerprint density at radius 2 is 0.842 bits per heavy atom. The van der Waals surface area contributed by atoms with Crippen LogP contribution >= 0.6 is 0 Å². The number of esters is 1. The lowest BCUT2D eigenvalue weighted by molar-refractivity contribution is -0.145. The highest BCUT2D eigenvalue weighted by Gasteiger charge is 2.12. The fraction of sp³-hybridized carbons (Fsp3) is 0.941. The van der Waals surface area contributed by atoms with Crippen molar-refractivity contribution >= 4 is 11.9 Å². The zero-order valence-corrected chi connectivity index (χ0v) is 26.3. The Morgan fingerprint density at radius 3 is 1.26 bits per heavy atom. The summed E-state index contributed by atoms with van der Waals surface area (Å²) in [7, 11) is 0. The van der Waals surface area contributed by atoms with Crippen LogP contribution in [0, 0.1) is 5.92 Å². The van der Waals surface area contributed by atoms with Gasteiger partial charge >= 0.3 is 11.9 Å². The minimum Gasteiger partial charge on any atom is -0.481 e. The van der Waals surface area contributed by atoms with Crippen LogP contribution in [0.5, 0.6) is 0 Å². The summed E-state index contributed by atoms with van der Waals surface area (Å²) in [5.41, 5.74) is 0. The highest BCUT2D eigenvalue weighted by Crippen LogP contribution is 2.20. The molecule has 0 saturated heterocycles. The number of hydrogen-bond acceptors (Lipinski definition) is 3. The molecule has 0 aliphatic carbocycles. The molecular weight excluding hydrogens is 472 g/mol. The molecule has 0 spiro atoms. The quantitative estimate of drug-likeness (QED) is 0.0791. The molecule has 0 heterocycles. The van der Waals surface area contributed by atoms with Crippen LogP contribution in [0.25, 0.3) is 0 Å². The molecule has 4 heteroatoms. The van der Waals surface area contributed by atoms with E-state index in [0.29, 0.717) is 25.4 Å². The van der Waals surface area contributed by atoms with Crippen molar-refractivity contribution in [2.75, 3.05) is 6.61 Å². The predicted octanol–water partition coefficient (Wildman–Crippen LogP) is 11.4. The van der Waals surface area contributed by atoms with Crippen molar-refractivity contribution in [3.05, 3.63) is 0 Å². The summed E-state index contributed by atoms with van der Waals surface area (Å²) in [6.45, 7) is 9.61. The van der Waals surface area contributed by atoms with Gasteiger partial charge in [0.2, 0.25) is 0 Å². The molecule has 0 saturated carbocycles. The number of ether oxygens (including phenoxy) is 1. The van der Waals surface area contributed by atoms with E-state index in [0.717, 1.165) is 19.3 Å². The van der Waals surface area contributed by atoms with E-state index in [9.17, 15) is 9.59 Å². The number of rotatable bonds is 28. The third-order valence-electron chi connectivity index (χ3n) is 7.39. The van der Waals surface area contributed by atoms with Crippen LogP contribution in [0.1, 0.15) is 195 Å². The van der Waals surface area contributed by atoms with Crippen molar-refractivity contribution in [3.8, 4) is 0 Å². The number of carbonyl (C=O) groups is 2. The second-order valence-electron chi connectivity index (χ2n) is 11.4. The fourth-order valence-electron chi connectivity index (χ4n) is 4.77. The number of carbonyl (C=O) groups excluding carboxylic acids is 1. The van der Waals surface area contributed by atoms with E-state index in [2.05, 4.69) is 27.7 Å². The summed E-state index contributed by atoms with van der Waals surface area (Å²) in [4.78, 5) is 22.1. The van der Waals surface area contributed by atoms with Crippen LogP contribution in [0.2, 0.25) is 0 Å². The minimum atomic E-state index is -0.663. The first-order valence-electron chi connectivity index (χ1n) is 16.9. The lowest BCUT2D eigenvalue weighted by Crippen LogP contribution is -2.14. The van der Waals surface area contributed by atoms with Crippen LogP contribution in [0.3, 0.4) is 0 Å². The number of unbranched alkanes of at least 4 members (excludes halogenated alkanes) is 18. The van der Waals surface area contributed by atoms with Gasteiger partial charge < -0.3 is 9.84 Å². The summed E-state index contributed by atoms with van der Waals surface area (Å²) in [5.74, 6) is -0.0476. The molecule has 1 N–H and O–H groups in total. The largest absolute Gasteiger partial charge is 0.481 e. The normalized spacial score (nSPS) is 11.6. The van der Waals surface area contributed by atoms with E-state index in [1.54, 1.807) is 0 Å². The van der Waals surface area contributed by atoms with Gasteiger partial charge in [0, 0.05) is 12.8 Å². The zero-order chi connectivity index (χ0) is 28.5. The summed E-state index contributed by atoms with van der Waals surface area (Å²) >= 11 is 0. The second kappa shape index (κ2) is 34.0. The Balaban J connectivity index is 0. The Bertz CT molecular complexity index is 477. The maximum Gasteiger partial charge on any atom is 0.305 e. The lowest BCUT2D eigenvalue weighted by atomic mass is 9.95. The van der Waals surface area contributed by atoms with Crippen LogP contribution in [0.15, 0.2) is 0 Å². The van der Waals surface area contributed by atoms with E-state index < -0.39 is 5.97 Å². The van der Waals surface area contributed by atoms with Gasteiger partial charge in [-0.25, -0.2) is 0 Å². The Kier molecular flexibility index (Phi) is 34.9. The zero-order valence-electron chi connectivity index (χ0n) is 26.3. The standard InChI is InChI=1S/C24H48O2.C10H20O2/c1-4-7-10-13-15-17-20-23(19-16-12-9-6-3)22-26-24(25)21-18-14-11-8-5-2;1-2-3-4-5-6-7-8-9-10(11)12/h23H,4-22H2,1-3H3;2-9H2,1H3,(H,11,12). The molecule has 38 heavy (non-hydrogen) atoms. The van der Waals surface area contributed by atoms with Crippen LogP contribution in [-0.2, 0) is 14.3 Å². The van der Waals surface area contributed by atoms with Crippen molar-refractivity contribution in [3.63, 3.8) is 0 Å². The average Bonchev–Trinajstić information content (AvgIpc) is 2.90. The smallest absolute Gasteiger partial charge is 0.305 e. The molecule has 0 aliphatic heterocycles. The second-order valence-corrected chi connectivity index (χ2v) is 11.4. The molecule has 4 nitrogen and oxygen atoms in total. The number of carboxylic acids is 1. The first kappa shape index (κ1) is 39.1. The van der Waals surface area contributed by atoms with Gasteiger partial charge in [-0.1, -0.05) is 156 Å². The van der Waals surface area contributed by atoms with Crippen LogP contribution in [0.4, 0.5) is 0 Å². The molecule has 0 aromatic carbocycles. The maximum atomic E-state index is 12.0. The highest BCUT2D eigenvalue weighted by molar-refractivity contribution is 5.69. The topological polar surface area (TPSA) is 63.6 Å². The van der Waals surface area contributed by atoms with Crippen molar-refractivity contribution in [1.82, 2.24) is 0 Å². The maximum absolute atomic E-state index is 12.0. The van der Waals surface area contributed by atoms with E-state index >= 15 is 0 Å². The highest BCUT2D eigenvalue weighted by atomic mass is 16.5. The van der Waals surface area contributed by atoms with Gasteiger partial charge in [-0.2, -0.15) is 0 Å². The van der Waals surface area contributed by atoms with Gasteiger partial charge in [0.05, 0.1) is 6.61 Å². The molecule has 0 bridgehead atoms. The van der Waals surface area contributed by atoms with Gasteiger partial charge in [0.1, 0.15) is 0 Å². The van der Waals surface area contributed by atoms with E-state index in [1.165, 1.54) is 135 Å². The molecule has 0 aromatic rings. The van der Waals surface area contributed by atoms with Gasteiger partial charge in [0.15, 0.2) is 0 Å². The Morgan fingerprint density at radius 1 is 0.500 bits per heavy atom. The molecule has 0 amide bonds. The van der Waals surface area contributed by atoms with Gasteiger partial charge in [-0.05, 0) is 31.6 Å². The van der Waals surface area contributed by atoms with Gasteiger partial charge in [0.25, 0.3) is 0 Å². The first-order valence-corrected chi connectivity index (χ1v) is 16.9. The van der Waals surface area contributed by atoms with Crippen LogP contribution < -0.4 is 0 Å². The number of hydrogen-bond donors (Lipinski definition) is 1. The summed E-state index contributed by atoms with van der Waals surface area (Å²) in [5, 5.41) is 8.35. The van der Waals surface area contributed by atoms with E-state index in [-0.39, 0.29) is 5.97 Å². The summed E-state index contributed by atoms with van der Waals surface area (Å²) < 4.78 is 5.62. The van der Waals surface area contributed by atoms with Crippen molar-refractivity contribution in [2.24, 2.45) is 5.92 Å². The molecule has 1 atom stereocenters. The molecule has 0 radical (unpaired) electrons. The lowest BCUT2D eigenvalue weighted by Gasteiger charge is -2.17. The van der Waals surface area contributed by atoms with Crippen molar-refractivity contribution in [1.29, 1.82) is 0 Å². The SMILES string of the molecule is CCCCCCCCC(CCCCCC)COC(=O)CCCCCCC.CCCCCCCCCC(=O)O. The first-order chi connectivity index (χ1) is 18.5. The van der Waals surface area contributed by atoms with E-state index in [4.69, 9.17) is 9.84 Å². The molecule has 0 fully saturated rings. The molecule has 0 rings (SSSR count). The minimum absolute atomic E-state index is 0.0306. The van der Waals surface area contributed by atoms with Crippen LogP contribution in [-0.4, -0.2) is 23.7 Å². The Labute approximate surface area is 238 Å². The summed E-state index contributed by atoms with van der Waals surface area (Å²) in [6, 6.07) is 0. The molecule has 1 unspecified atom stereocenters. The Hall–Kier alpha value is -1.06. The monoisotopic (exact) mass is 541 g/mol. The molecular formula is C34H68O4. The molecule has 228 valence electrons. The number of aliphatic carboxylic acids is 1. The molecule has 0 aromatic heterocycles. The third kappa shape index (κ3) is 34.9. The molecule has 0 aliphatic rings. The van der Waals surface area contributed by atoms with Gasteiger partial charge in [-0.15, -0.1) is 0 Å². The summed E-state index contributed by atoms with van der Waals surface area (Å²) in [6.07, 6.45) is 31.0. The average molecular weight is 541 g/mol. The predicted molar refractivity (Wildman–Crippen MR) is 165 cm³/mol. The van der Waals surface area contributed by atoms with Gasteiger partial charge in [-0.3, -0.25) is 9.59 Å². The van der Waals surface area contributed by atoms with Crippen molar-refractivity contribution < 1.29 is 19.4 Å². The van der Waals surface area contributed by atoms with Crippen molar-refractivity contribution in [2.45, 2.75) is 195 Å². The van der Waals surface area contributed by atoms with E-state index in [1.807, 2.05) is 0 Å².